The number of unbranched alkanes of at least 4 members (excludes halogenated alkanes) is 2. The lowest BCUT2D eigenvalue weighted by molar-refractivity contribution is -0.137. The number of carboxylic acids is 1. The van der Waals surface area contributed by atoms with Gasteiger partial charge in [-0.25, -0.2) is 0 Å². The Hall–Kier alpha value is -3.74. The summed E-state index contributed by atoms with van der Waals surface area (Å²) in [6.07, 6.45) is 4.23. The molecule has 0 bridgehead atoms. The van der Waals surface area contributed by atoms with Gasteiger partial charge in [0.15, 0.2) is 5.82 Å². The van der Waals surface area contributed by atoms with Gasteiger partial charge in [0.05, 0.1) is 18.4 Å². The van der Waals surface area contributed by atoms with Gasteiger partial charge in [-0.2, -0.15) is 5.10 Å². The summed E-state index contributed by atoms with van der Waals surface area (Å²) < 4.78 is 11.6. The van der Waals surface area contributed by atoms with E-state index < -0.39 is 5.97 Å². The molecule has 2 heterocycles. The first-order valence-electron chi connectivity index (χ1n) is 11.7. The van der Waals surface area contributed by atoms with Crippen LogP contribution < -0.4 is 9.64 Å². The quantitative estimate of drug-likeness (QED) is 0.242. The van der Waals surface area contributed by atoms with E-state index in [2.05, 4.69) is 53.2 Å². The van der Waals surface area contributed by atoms with Gasteiger partial charge in [0, 0.05) is 35.5 Å². The molecule has 0 spiro atoms. The molecule has 0 atom stereocenters. The Morgan fingerprint density at radius 3 is 2.74 bits per heavy atom. The van der Waals surface area contributed by atoms with Crippen molar-refractivity contribution in [2.24, 2.45) is 0 Å². The Labute approximate surface area is 199 Å². The number of aliphatic carboxylic acids is 1. The van der Waals surface area contributed by atoms with Crippen molar-refractivity contribution in [1.82, 2.24) is 10.2 Å². The van der Waals surface area contributed by atoms with E-state index in [4.69, 9.17) is 14.3 Å². The molecule has 4 aromatic rings. The monoisotopic (exact) mass is 461 g/mol. The van der Waals surface area contributed by atoms with Crippen LogP contribution in [0.3, 0.4) is 0 Å². The van der Waals surface area contributed by atoms with Crippen LogP contribution in [0.4, 0.5) is 5.82 Å². The first-order chi connectivity index (χ1) is 16.5. The van der Waals surface area contributed by atoms with E-state index in [1.54, 1.807) is 6.26 Å². The number of ether oxygens (including phenoxy) is 1. The molecule has 0 aliphatic heterocycles. The van der Waals surface area contributed by atoms with Crippen molar-refractivity contribution >= 4 is 22.7 Å². The number of anilines is 1. The molecule has 2 N–H and O–H groups in total. The number of hydrogen-bond donors (Lipinski definition) is 2. The lowest BCUT2D eigenvalue weighted by Gasteiger charge is -2.28. The lowest BCUT2D eigenvalue weighted by atomic mass is 10.1. The number of nitrogens with zero attached hydrogens (tertiary/aromatic N) is 2. The van der Waals surface area contributed by atoms with Crippen molar-refractivity contribution < 1.29 is 19.1 Å². The maximum Gasteiger partial charge on any atom is 0.303 e. The molecular formula is C27H31N3O4. The van der Waals surface area contributed by atoms with E-state index >= 15 is 0 Å². The van der Waals surface area contributed by atoms with E-state index in [-0.39, 0.29) is 12.5 Å². The van der Waals surface area contributed by atoms with Crippen molar-refractivity contribution in [3.63, 3.8) is 0 Å². The molecule has 4 rings (SSSR count). The Kier molecular flexibility index (Phi) is 7.52. The average Bonchev–Trinajstić information content (AvgIpc) is 3.50. The second-order valence-corrected chi connectivity index (χ2v) is 8.67. The van der Waals surface area contributed by atoms with Gasteiger partial charge in [0.2, 0.25) is 0 Å². The lowest BCUT2D eigenvalue weighted by Crippen LogP contribution is -2.30. The maximum atomic E-state index is 10.7. The molecule has 0 saturated carbocycles. The van der Waals surface area contributed by atoms with Crippen LogP contribution in [0, 0.1) is 0 Å². The summed E-state index contributed by atoms with van der Waals surface area (Å²) in [6.45, 7) is 5.54. The summed E-state index contributed by atoms with van der Waals surface area (Å²) in [6, 6.07) is 18.3. The van der Waals surface area contributed by atoms with E-state index in [0.29, 0.717) is 19.6 Å². The van der Waals surface area contributed by atoms with Gasteiger partial charge in [0.1, 0.15) is 11.5 Å². The molecule has 0 fully saturated rings. The predicted octanol–water partition coefficient (Wildman–Crippen LogP) is 6.26. The number of carboxylic acid groups (broad SMARTS) is 1. The number of rotatable bonds is 12. The standard InChI is InChI=1S/C27H31N3O4/c1-19(2)30(18-21-9-5-6-10-25(21)33-15-7-3-4-12-26(31)32)27-22-14-13-20(17-23(22)28-29-27)24-11-8-16-34-24/h5-6,8-11,13-14,16-17,19H,3-4,7,12,15,18H2,1-2H3,(H,28,29)(H,31,32). The zero-order valence-electron chi connectivity index (χ0n) is 19.7. The van der Waals surface area contributed by atoms with Crippen molar-refractivity contribution in [1.29, 1.82) is 0 Å². The van der Waals surface area contributed by atoms with Crippen LogP contribution >= 0.6 is 0 Å². The number of carbonyl (C=O) groups is 1. The Morgan fingerprint density at radius 2 is 1.97 bits per heavy atom. The van der Waals surface area contributed by atoms with Gasteiger partial charge < -0.3 is 19.2 Å². The summed E-state index contributed by atoms with van der Waals surface area (Å²) >= 11 is 0. The van der Waals surface area contributed by atoms with Crippen molar-refractivity contribution in [3.05, 3.63) is 66.4 Å². The fourth-order valence-corrected chi connectivity index (χ4v) is 4.02. The SMILES string of the molecule is CC(C)N(Cc1ccccc1OCCCCCC(=O)O)c1n[nH]c2cc(-c3ccco3)ccc12. The highest BCUT2D eigenvalue weighted by atomic mass is 16.5. The number of H-pyrrole nitrogens is 1. The molecule has 0 unspecified atom stereocenters. The van der Waals surface area contributed by atoms with Gasteiger partial charge in [0.25, 0.3) is 0 Å². The maximum absolute atomic E-state index is 10.7. The first kappa shape index (κ1) is 23.4. The van der Waals surface area contributed by atoms with E-state index in [1.807, 2.05) is 30.3 Å². The third kappa shape index (κ3) is 5.60. The second kappa shape index (κ2) is 10.9. The average molecular weight is 462 g/mol. The normalized spacial score (nSPS) is 11.3. The molecular weight excluding hydrogens is 430 g/mol. The zero-order chi connectivity index (χ0) is 23.9. The van der Waals surface area contributed by atoms with Crippen molar-refractivity contribution in [2.75, 3.05) is 11.5 Å². The molecule has 2 aromatic carbocycles. The first-order valence-corrected chi connectivity index (χ1v) is 11.7. The highest BCUT2D eigenvalue weighted by Gasteiger charge is 2.19. The van der Waals surface area contributed by atoms with E-state index in [9.17, 15) is 4.79 Å². The fourth-order valence-electron chi connectivity index (χ4n) is 4.02. The number of hydrogen-bond acceptors (Lipinski definition) is 5. The largest absolute Gasteiger partial charge is 0.493 e. The van der Waals surface area contributed by atoms with Crippen LogP contribution in [-0.4, -0.2) is 33.9 Å². The smallest absolute Gasteiger partial charge is 0.303 e. The fraction of sp³-hybridized carbons (Fsp3) is 0.333. The van der Waals surface area contributed by atoms with E-state index in [0.717, 1.165) is 52.2 Å². The Bertz CT molecular complexity index is 1210. The molecule has 0 radical (unpaired) electrons. The summed E-state index contributed by atoms with van der Waals surface area (Å²) in [5.41, 5.74) is 3.05. The number of aromatic nitrogens is 2. The van der Waals surface area contributed by atoms with E-state index in [1.165, 1.54) is 0 Å². The molecule has 7 nitrogen and oxygen atoms in total. The number of nitrogens with one attached hydrogen (secondary N) is 1. The molecule has 0 amide bonds. The minimum Gasteiger partial charge on any atom is -0.493 e. The Balaban J connectivity index is 1.49. The van der Waals surface area contributed by atoms with Gasteiger partial charge in [-0.05, 0) is 63.4 Å². The van der Waals surface area contributed by atoms with Gasteiger partial charge >= 0.3 is 5.97 Å². The number of fused-ring (bicyclic) bond motifs is 1. The van der Waals surface area contributed by atoms with Crippen molar-refractivity contribution in [3.8, 4) is 17.1 Å². The van der Waals surface area contributed by atoms with Gasteiger partial charge in [-0.1, -0.05) is 24.3 Å². The minimum atomic E-state index is -0.747. The Morgan fingerprint density at radius 1 is 1.12 bits per heavy atom. The van der Waals surface area contributed by atoms with Crippen LogP contribution in [0.2, 0.25) is 0 Å². The van der Waals surface area contributed by atoms with Crippen LogP contribution in [0.1, 0.15) is 45.1 Å². The zero-order valence-corrected chi connectivity index (χ0v) is 19.7. The second-order valence-electron chi connectivity index (χ2n) is 8.67. The number of benzene rings is 2. The highest BCUT2D eigenvalue weighted by Crippen LogP contribution is 2.32. The molecule has 7 heteroatoms. The molecule has 0 aliphatic carbocycles. The third-order valence-electron chi connectivity index (χ3n) is 5.85. The summed E-state index contributed by atoms with van der Waals surface area (Å²) in [4.78, 5) is 12.9. The summed E-state index contributed by atoms with van der Waals surface area (Å²) in [7, 11) is 0. The number of aromatic amines is 1. The predicted molar refractivity (Wildman–Crippen MR) is 133 cm³/mol. The number of furan rings is 1. The minimum absolute atomic E-state index is 0.209. The van der Waals surface area contributed by atoms with Crippen molar-refractivity contribution in [2.45, 2.75) is 52.1 Å². The molecule has 34 heavy (non-hydrogen) atoms. The molecule has 0 aliphatic rings. The third-order valence-corrected chi connectivity index (χ3v) is 5.85. The highest BCUT2D eigenvalue weighted by molar-refractivity contribution is 5.92. The molecule has 0 saturated heterocycles. The summed E-state index contributed by atoms with van der Waals surface area (Å²) in [5.74, 6) is 1.83. The summed E-state index contributed by atoms with van der Waals surface area (Å²) in [5, 5.41) is 17.7. The number of para-hydroxylation sites is 1. The van der Waals surface area contributed by atoms with Crippen LogP contribution in [0.25, 0.3) is 22.2 Å². The molecule has 178 valence electrons. The topological polar surface area (TPSA) is 91.6 Å². The van der Waals surface area contributed by atoms with Crippen LogP contribution in [0.5, 0.6) is 5.75 Å². The van der Waals surface area contributed by atoms with Gasteiger partial charge in [-0.3, -0.25) is 9.89 Å². The van der Waals surface area contributed by atoms with Crippen LogP contribution in [-0.2, 0) is 11.3 Å². The molecule has 2 aromatic heterocycles. The van der Waals surface area contributed by atoms with Gasteiger partial charge in [-0.15, -0.1) is 0 Å². The van der Waals surface area contributed by atoms with Crippen LogP contribution in [0.15, 0.2) is 65.3 Å².